The summed E-state index contributed by atoms with van der Waals surface area (Å²) in [7, 11) is 0. The number of unbranched alkanes of at least 4 members (excludes halogenated alkanes) is 11. The van der Waals surface area contributed by atoms with Crippen molar-refractivity contribution < 1.29 is 63.9 Å². The molecule has 1 saturated heterocycles. The van der Waals surface area contributed by atoms with Crippen molar-refractivity contribution in [2.75, 3.05) is 18.9 Å². The Balaban J connectivity index is 0.000000514. The van der Waals surface area contributed by atoms with Crippen LogP contribution in [0.4, 0.5) is 0 Å². The minimum Gasteiger partial charge on any atom is -0.481 e. The van der Waals surface area contributed by atoms with E-state index < -0.39 is 120 Å². The van der Waals surface area contributed by atoms with Gasteiger partial charge in [-0.3, -0.25) is 38.4 Å². The van der Waals surface area contributed by atoms with E-state index in [1.807, 2.05) is 0 Å². The summed E-state index contributed by atoms with van der Waals surface area (Å²) in [5, 5.41) is 66.6. The third-order valence-electron chi connectivity index (χ3n) is 13.5. The summed E-state index contributed by atoms with van der Waals surface area (Å²) < 4.78 is 0. The highest BCUT2D eigenvalue weighted by molar-refractivity contribution is 7.99. The first-order valence-electron chi connectivity index (χ1n) is 26.6. The van der Waals surface area contributed by atoms with E-state index in [1.54, 1.807) is 24.3 Å². The van der Waals surface area contributed by atoms with Crippen molar-refractivity contribution in [3.63, 3.8) is 0 Å². The molecule has 5 rings (SSSR count). The fourth-order valence-corrected chi connectivity index (χ4v) is 10.2. The van der Waals surface area contributed by atoms with Crippen molar-refractivity contribution in [2.45, 2.75) is 209 Å². The molecule has 3 aliphatic heterocycles. The molecule has 10 atom stereocenters. The minimum absolute atomic E-state index is 0.170. The van der Waals surface area contributed by atoms with E-state index in [2.05, 4.69) is 56.0 Å². The molecule has 12 N–H and O–H groups in total. The molecule has 2 bridgehead atoms. The second-order valence-electron chi connectivity index (χ2n) is 20.3. The van der Waals surface area contributed by atoms with Crippen molar-refractivity contribution in [1.82, 2.24) is 41.8 Å². The maximum atomic E-state index is 14.3. The van der Waals surface area contributed by atoms with Gasteiger partial charge in [-0.2, -0.15) is 0 Å². The van der Waals surface area contributed by atoms with Gasteiger partial charge >= 0.3 is 5.97 Å². The van der Waals surface area contributed by atoms with Gasteiger partial charge in [-0.05, 0) is 71.4 Å². The topological polar surface area (TPSA) is 329 Å². The van der Waals surface area contributed by atoms with Crippen LogP contribution in [-0.4, -0.2) is 162 Å². The Labute approximate surface area is 443 Å². The minimum atomic E-state index is -1.90. The molecule has 0 saturated carbocycles. The largest absolute Gasteiger partial charge is 0.481 e. The van der Waals surface area contributed by atoms with Crippen molar-refractivity contribution in [3.05, 3.63) is 42.0 Å². The molecule has 1 aromatic carbocycles. The van der Waals surface area contributed by atoms with E-state index in [-0.39, 0.29) is 25.1 Å². The lowest BCUT2D eigenvalue weighted by Gasteiger charge is -2.31. The number of para-hydroxylation sites is 1. The van der Waals surface area contributed by atoms with Crippen LogP contribution in [0.15, 0.2) is 41.4 Å². The highest BCUT2D eigenvalue weighted by Crippen LogP contribution is 2.32. The standard InChI is InChI=1S/C35H48N8O11S.C18H34O2/c1-15-27(47)38-22-10-20-19-7-5-6-8-21(19)41-33(20)55-13-24(34(53)43-12-18(46)9-25(43)31(51)37-15)40-32(52)26(17(3)45)42-28(48)16(2)36-30(50)23(39-29(22)49)11-35(4,54)14-44;1-2-3-4-5-6-7-8-9-10-11-12-13-14-15-16-17-18(19)20/h5-8,15-18,22-26,41,44-46,54H,9-14H2,1-4H3,(H,36,50)(H,37,51)(H,38,47)(H,39,49)(H,40,52)(H,42,48);9-10H,2-8,11-17H2,1H3,(H,19,20)/b;10-9-. The van der Waals surface area contributed by atoms with Crippen molar-refractivity contribution >= 4 is 70.0 Å². The maximum absolute atomic E-state index is 14.3. The average Bonchev–Trinajstić information content (AvgIpc) is 3.93. The third-order valence-corrected chi connectivity index (χ3v) is 14.7. The fraction of sp³-hybridized carbons (Fsp3) is 0.660. The Kier molecular flexibility index (Phi) is 25.5. The molecule has 2 aromatic rings. The number of H-pyrrole nitrogens is 1. The number of amides is 7. The van der Waals surface area contributed by atoms with Gasteiger partial charge in [0.1, 0.15) is 42.3 Å². The lowest BCUT2D eigenvalue weighted by Crippen LogP contribution is -2.61. The predicted octanol–water partition coefficient (Wildman–Crippen LogP) is 2.36. The first kappa shape index (κ1) is 62.0. The van der Waals surface area contributed by atoms with Crippen LogP contribution in [0.25, 0.3) is 10.9 Å². The van der Waals surface area contributed by atoms with Gasteiger partial charge in [0.2, 0.25) is 41.4 Å². The Morgan fingerprint density at radius 2 is 1.36 bits per heavy atom. The van der Waals surface area contributed by atoms with Gasteiger partial charge in [-0.1, -0.05) is 88.6 Å². The molecule has 21 nitrogen and oxygen atoms in total. The molecule has 4 heterocycles. The third kappa shape index (κ3) is 19.8. The van der Waals surface area contributed by atoms with Gasteiger partial charge in [0.15, 0.2) is 0 Å². The van der Waals surface area contributed by atoms with Crippen LogP contribution in [0, 0.1) is 0 Å². The van der Waals surface area contributed by atoms with Gasteiger partial charge in [0.05, 0.1) is 29.4 Å². The van der Waals surface area contributed by atoms with Crippen LogP contribution >= 0.6 is 11.8 Å². The zero-order valence-electron chi connectivity index (χ0n) is 44.2. The molecule has 418 valence electrons. The number of hydrogen-bond donors (Lipinski definition) is 12. The number of carbonyl (C=O) groups excluding carboxylic acids is 7. The van der Waals surface area contributed by atoms with Gasteiger partial charge in [-0.15, -0.1) is 11.8 Å². The predicted molar refractivity (Wildman–Crippen MR) is 283 cm³/mol. The van der Waals surface area contributed by atoms with Crippen LogP contribution in [-0.2, 0) is 44.8 Å². The lowest BCUT2D eigenvalue weighted by atomic mass is 9.96. The fourth-order valence-electron chi connectivity index (χ4n) is 9.09. The highest BCUT2D eigenvalue weighted by atomic mass is 32.2. The summed E-state index contributed by atoms with van der Waals surface area (Å²) in [6.45, 7) is 6.28. The van der Waals surface area contributed by atoms with Gasteiger partial charge < -0.3 is 67.3 Å². The molecule has 0 aliphatic carbocycles. The van der Waals surface area contributed by atoms with Crippen LogP contribution in [0.2, 0.25) is 0 Å². The quantitative estimate of drug-likeness (QED) is 0.0711. The number of aromatic nitrogens is 1. The van der Waals surface area contributed by atoms with E-state index in [4.69, 9.17) is 5.11 Å². The molecule has 3 aliphatic rings. The van der Waals surface area contributed by atoms with Crippen LogP contribution in [0.1, 0.15) is 143 Å². The summed E-state index contributed by atoms with van der Waals surface area (Å²) >= 11 is 1.08. The summed E-state index contributed by atoms with van der Waals surface area (Å²) in [5.41, 5.74) is -0.741. The van der Waals surface area contributed by atoms with Crippen molar-refractivity contribution in [1.29, 1.82) is 0 Å². The zero-order valence-corrected chi connectivity index (χ0v) is 45.0. The Hall–Kier alpha value is -5.55. The molecule has 0 radical (unpaired) electrons. The van der Waals surface area contributed by atoms with E-state index in [9.17, 15) is 58.8 Å². The second kappa shape index (κ2) is 30.9. The molecular weight excluding hydrogens is 989 g/mol. The number of fused-ring (bicyclic) bond motifs is 5. The van der Waals surface area contributed by atoms with E-state index >= 15 is 0 Å². The number of nitrogens with one attached hydrogen (secondary N) is 7. The average molecular weight is 1070 g/mol. The second-order valence-corrected chi connectivity index (χ2v) is 21.4. The summed E-state index contributed by atoms with van der Waals surface area (Å²) in [5.74, 6) is -6.92. The molecular formula is C53H82N8O13S. The number of aliphatic carboxylic acids is 1. The van der Waals surface area contributed by atoms with Crippen LogP contribution in [0.3, 0.4) is 0 Å². The number of rotatable bonds is 19. The number of aliphatic hydroxyl groups is 4. The number of aromatic amines is 1. The molecule has 1 fully saturated rings. The number of nitrogens with zero attached hydrogens (tertiary/aromatic N) is 1. The van der Waals surface area contributed by atoms with Crippen molar-refractivity contribution in [2.24, 2.45) is 0 Å². The van der Waals surface area contributed by atoms with Crippen LogP contribution < -0.4 is 31.9 Å². The van der Waals surface area contributed by atoms with Crippen molar-refractivity contribution in [3.8, 4) is 0 Å². The monoisotopic (exact) mass is 1070 g/mol. The number of allylic oxidation sites excluding steroid dienone is 2. The molecule has 22 heteroatoms. The molecule has 0 spiro atoms. The highest BCUT2D eigenvalue weighted by Gasteiger charge is 2.44. The first-order valence-corrected chi connectivity index (χ1v) is 27.6. The van der Waals surface area contributed by atoms with E-state index in [0.717, 1.165) is 29.5 Å². The molecule has 75 heavy (non-hydrogen) atoms. The normalized spacial score (nSPS) is 25.6. The lowest BCUT2D eigenvalue weighted by molar-refractivity contribution is -0.142. The number of carboxylic acid groups (broad SMARTS) is 1. The number of carboxylic acids is 1. The number of benzene rings is 1. The summed E-state index contributed by atoms with van der Waals surface area (Å²) in [6, 6.07) is -2.86. The SMILES string of the molecule is CC1NC(=O)C(CC(C)(O)CO)NC(=O)C2Cc3c([nH]c4ccccc34)SCC(NC(=O)C(C(C)O)NC1=O)C(=O)N1CC(O)CC1C(=O)NC(C)C(=O)N2.CCCCCCCC/C=C\CCCCCCCC(=O)O. The number of thioether (sulfide) groups is 1. The molecule has 10 unspecified atom stereocenters. The smallest absolute Gasteiger partial charge is 0.303 e. The first-order chi connectivity index (χ1) is 35.7. The number of hydrogen-bond acceptors (Lipinski definition) is 13. The molecule has 7 amide bonds. The summed E-state index contributed by atoms with van der Waals surface area (Å²) in [4.78, 5) is 111. The number of carbonyl (C=O) groups is 8. The number of aliphatic hydroxyl groups excluding tert-OH is 3. The Bertz CT molecular complexity index is 2270. The van der Waals surface area contributed by atoms with Gasteiger partial charge in [0.25, 0.3) is 0 Å². The Morgan fingerprint density at radius 3 is 1.99 bits per heavy atom. The van der Waals surface area contributed by atoms with Gasteiger partial charge in [0, 0.05) is 48.9 Å². The molecule has 1 aromatic heterocycles. The van der Waals surface area contributed by atoms with E-state index in [0.29, 0.717) is 27.9 Å². The Morgan fingerprint density at radius 1 is 0.773 bits per heavy atom. The maximum Gasteiger partial charge on any atom is 0.303 e. The van der Waals surface area contributed by atoms with Gasteiger partial charge in [-0.25, -0.2) is 0 Å². The zero-order chi connectivity index (χ0) is 55.2. The van der Waals surface area contributed by atoms with Crippen LogP contribution in [0.5, 0.6) is 0 Å². The van der Waals surface area contributed by atoms with E-state index in [1.165, 1.54) is 98.3 Å². The summed E-state index contributed by atoms with van der Waals surface area (Å²) in [6.07, 6.45) is 17.7.